The molecule has 3 rings (SSSR count). The monoisotopic (exact) mass is 342 g/mol. The van der Waals surface area contributed by atoms with Gasteiger partial charge in [-0.05, 0) is 39.5 Å². The Morgan fingerprint density at radius 2 is 2.04 bits per heavy atom. The number of urea groups is 1. The van der Waals surface area contributed by atoms with Crippen LogP contribution in [0.1, 0.15) is 39.7 Å². The predicted octanol–water partition coefficient (Wildman–Crippen LogP) is 3.41. The molecule has 1 saturated carbocycles. The smallest absolute Gasteiger partial charge is 0.320 e. The van der Waals surface area contributed by atoms with Crippen LogP contribution >= 0.6 is 0 Å². The summed E-state index contributed by atoms with van der Waals surface area (Å²) < 4.78 is 1.80. The number of rotatable bonds is 6. The van der Waals surface area contributed by atoms with Crippen molar-refractivity contribution in [3.05, 3.63) is 36.4 Å². The molecule has 1 aromatic heterocycles. The van der Waals surface area contributed by atoms with Gasteiger partial charge in [0.15, 0.2) is 0 Å². The summed E-state index contributed by atoms with van der Waals surface area (Å²) in [5, 5.41) is 20.1. The minimum absolute atomic E-state index is 0.0657. The largest absolute Gasteiger partial charge is 0.394 e. The lowest BCUT2D eigenvalue weighted by Crippen LogP contribution is -2.52. The van der Waals surface area contributed by atoms with Gasteiger partial charge >= 0.3 is 6.03 Å². The van der Waals surface area contributed by atoms with E-state index in [1.807, 2.05) is 57.2 Å². The lowest BCUT2D eigenvalue weighted by molar-refractivity contribution is 0.159. The van der Waals surface area contributed by atoms with Crippen LogP contribution in [-0.4, -0.2) is 33.1 Å². The molecule has 2 amide bonds. The second kappa shape index (κ2) is 6.88. The van der Waals surface area contributed by atoms with Crippen molar-refractivity contribution in [3.8, 4) is 11.3 Å². The first-order valence-electron chi connectivity index (χ1n) is 8.78. The first kappa shape index (κ1) is 17.5. The van der Waals surface area contributed by atoms with Gasteiger partial charge in [-0.25, -0.2) is 9.48 Å². The molecule has 3 N–H and O–H groups in total. The molecule has 0 bridgehead atoms. The van der Waals surface area contributed by atoms with Gasteiger partial charge in [0, 0.05) is 17.7 Å². The molecular weight excluding hydrogens is 316 g/mol. The maximum absolute atomic E-state index is 12.5. The van der Waals surface area contributed by atoms with Gasteiger partial charge in [0.05, 0.1) is 17.8 Å². The van der Waals surface area contributed by atoms with Crippen molar-refractivity contribution in [2.75, 3.05) is 11.9 Å². The number of aromatic nitrogens is 2. The molecule has 1 aromatic carbocycles. The van der Waals surface area contributed by atoms with E-state index in [1.54, 1.807) is 4.68 Å². The Labute approximate surface area is 148 Å². The van der Waals surface area contributed by atoms with Gasteiger partial charge in [0.2, 0.25) is 0 Å². The minimum Gasteiger partial charge on any atom is -0.394 e. The Balaban J connectivity index is 1.79. The number of hydrogen-bond acceptors (Lipinski definition) is 3. The third kappa shape index (κ3) is 3.85. The van der Waals surface area contributed by atoms with Crippen LogP contribution in [0.25, 0.3) is 11.3 Å². The van der Waals surface area contributed by atoms with E-state index >= 15 is 0 Å². The van der Waals surface area contributed by atoms with Crippen LogP contribution in [0.4, 0.5) is 10.6 Å². The Kier molecular flexibility index (Phi) is 4.81. The van der Waals surface area contributed by atoms with Crippen molar-refractivity contribution < 1.29 is 9.90 Å². The van der Waals surface area contributed by atoms with Crippen LogP contribution in [0.3, 0.4) is 0 Å². The van der Waals surface area contributed by atoms with E-state index in [9.17, 15) is 9.90 Å². The molecule has 1 atom stereocenters. The van der Waals surface area contributed by atoms with Gasteiger partial charge in [0.25, 0.3) is 0 Å². The summed E-state index contributed by atoms with van der Waals surface area (Å²) in [5.74, 6) is 0.987. The van der Waals surface area contributed by atoms with Crippen LogP contribution < -0.4 is 10.6 Å². The van der Waals surface area contributed by atoms with Crippen LogP contribution in [0, 0.1) is 5.92 Å². The average Bonchev–Trinajstić information content (AvgIpc) is 3.37. The molecule has 0 aliphatic heterocycles. The summed E-state index contributed by atoms with van der Waals surface area (Å²) in [7, 11) is 0. The Bertz CT molecular complexity index is 737. The molecule has 0 spiro atoms. The number of nitrogens with zero attached hydrogens (tertiary/aromatic N) is 2. The van der Waals surface area contributed by atoms with E-state index in [2.05, 4.69) is 15.7 Å². The average molecular weight is 342 g/mol. The molecule has 134 valence electrons. The van der Waals surface area contributed by atoms with E-state index in [4.69, 9.17) is 0 Å². The van der Waals surface area contributed by atoms with Crippen LogP contribution in [0.2, 0.25) is 0 Å². The molecule has 0 saturated heterocycles. The minimum atomic E-state index is -0.574. The molecule has 0 radical (unpaired) electrons. The lowest BCUT2D eigenvalue weighted by atomic mass is 9.97. The first-order chi connectivity index (χ1) is 11.9. The molecule has 1 heterocycles. The van der Waals surface area contributed by atoms with E-state index in [0.29, 0.717) is 11.7 Å². The quantitative estimate of drug-likeness (QED) is 0.752. The fourth-order valence-electron chi connectivity index (χ4n) is 3.03. The third-order valence-electron chi connectivity index (χ3n) is 4.74. The van der Waals surface area contributed by atoms with E-state index in [1.165, 1.54) is 0 Å². The SMILES string of the molecule is CC(C)n1nc(-c2ccccc2)cc1NC(=O)NC(C)(CO)C1CC1. The van der Waals surface area contributed by atoms with Crippen molar-refractivity contribution in [1.29, 1.82) is 0 Å². The number of hydrogen-bond donors (Lipinski definition) is 3. The van der Waals surface area contributed by atoms with Crippen molar-refractivity contribution >= 4 is 11.8 Å². The second-order valence-corrected chi connectivity index (χ2v) is 7.25. The van der Waals surface area contributed by atoms with Crippen molar-refractivity contribution in [2.45, 2.75) is 45.2 Å². The van der Waals surface area contributed by atoms with Gasteiger partial charge in [-0.1, -0.05) is 30.3 Å². The van der Waals surface area contributed by atoms with Gasteiger partial charge in [-0.15, -0.1) is 0 Å². The molecule has 6 nitrogen and oxygen atoms in total. The van der Waals surface area contributed by atoms with Crippen LogP contribution in [-0.2, 0) is 0 Å². The summed E-state index contributed by atoms with van der Waals surface area (Å²) in [6, 6.07) is 11.5. The number of carbonyl (C=O) groups is 1. The molecule has 1 unspecified atom stereocenters. The molecule has 1 aliphatic rings. The number of aliphatic hydroxyl groups excluding tert-OH is 1. The van der Waals surface area contributed by atoms with Gasteiger partial charge in [0.1, 0.15) is 5.82 Å². The lowest BCUT2D eigenvalue weighted by Gasteiger charge is -2.28. The van der Waals surface area contributed by atoms with Crippen molar-refractivity contribution in [2.24, 2.45) is 5.92 Å². The van der Waals surface area contributed by atoms with Crippen LogP contribution in [0.5, 0.6) is 0 Å². The van der Waals surface area contributed by atoms with Crippen LogP contribution in [0.15, 0.2) is 36.4 Å². The number of anilines is 1. The molecule has 1 fully saturated rings. The highest BCUT2D eigenvalue weighted by molar-refractivity contribution is 5.89. The summed E-state index contributed by atoms with van der Waals surface area (Å²) in [6.07, 6.45) is 2.08. The Morgan fingerprint density at radius 3 is 2.60 bits per heavy atom. The number of aliphatic hydroxyl groups is 1. The highest BCUT2D eigenvalue weighted by Crippen LogP contribution is 2.39. The van der Waals surface area contributed by atoms with Crippen molar-refractivity contribution in [1.82, 2.24) is 15.1 Å². The fraction of sp³-hybridized carbons (Fsp3) is 0.474. The second-order valence-electron chi connectivity index (χ2n) is 7.25. The number of carbonyl (C=O) groups excluding carboxylic acids is 1. The topological polar surface area (TPSA) is 79.2 Å². The van der Waals surface area contributed by atoms with Gasteiger partial charge in [-0.2, -0.15) is 5.10 Å². The summed E-state index contributed by atoms with van der Waals surface area (Å²) in [6.45, 7) is 5.86. The Morgan fingerprint density at radius 1 is 1.36 bits per heavy atom. The number of nitrogens with one attached hydrogen (secondary N) is 2. The maximum Gasteiger partial charge on any atom is 0.320 e. The molecular formula is C19H26N4O2. The van der Waals surface area contributed by atoms with Gasteiger partial charge < -0.3 is 10.4 Å². The molecule has 1 aliphatic carbocycles. The van der Waals surface area contributed by atoms with E-state index in [0.717, 1.165) is 24.1 Å². The molecule has 2 aromatic rings. The number of benzene rings is 1. The maximum atomic E-state index is 12.5. The highest BCUT2D eigenvalue weighted by atomic mass is 16.3. The zero-order chi connectivity index (χ0) is 18.0. The molecule has 25 heavy (non-hydrogen) atoms. The molecule has 6 heteroatoms. The van der Waals surface area contributed by atoms with E-state index in [-0.39, 0.29) is 18.7 Å². The summed E-state index contributed by atoms with van der Waals surface area (Å²) in [5.41, 5.74) is 1.25. The fourth-order valence-corrected chi connectivity index (χ4v) is 3.03. The summed E-state index contributed by atoms with van der Waals surface area (Å²) >= 11 is 0. The van der Waals surface area contributed by atoms with E-state index < -0.39 is 5.54 Å². The number of amides is 2. The normalized spacial score (nSPS) is 16.5. The Hall–Kier alpha value is -2.34. The predicted molar refractivity (Wildman–Crippen MR) is 98.4 cm³/mol. The highest BCUT2D eigenvalue weighted by Gasteiger charge is 2.42. The summed E-state index contributed by atoms with van der Waals surface area (Å²) in [4.78, 5) is 12.5. The van der Waals surface area contributed by atoms with Crippen molar-refractivity contribution in [3.63, 3.8) is 0 Å². The zero-order valence-corrected chi connectivity index (χ0v) is 15.0. The van der Waals surface area contributed by atoms with Gasteiger partial charge in [-0.3, -0.25) is 5.32 Å². The first-order valence-corrected chi connectivity index (χ1v) is 8.78. The third-order valence-corrected chi connectivity index (χ3v) is 4.74. The zero-order valence-electron chi connectivity index (χ0n) is 15.0. The standard InChI is InChI=1S/C19H26N4O2/c1-13(2)23-17(11-16(22-23)14-7-5-4-6-8-14)20-18(25)21-19(3,12-24)15-9-10-15/h4-8,11,13,15,24H,9-10,12H2,1-3H3,(H2,20,21,25).